The van der Waals surface area contributed by atoms with E-state index in [2.05, 4.69) is 15.2 Å². The molecule has 0 unspecified atom stereocenters. The van der Waals surface area contributed by atoms with E-state index >= 15 is 0 Å². The Bertz CT molecular complexity index is 936. The van der Waals surface area contributed by atoms with E-state index in [0.717, 1.165) is 0 Å². The summed E-state index contributed by atoms with van der Waals surface area (Å²) in [5, 5.41) is 18.5. The highest BCUT2D eigenvalue weighted by molar-refractivity contribution is 6.31. The van der Waals surface area contributed by atoms with E-state index in [0.29, 0.717) is 21.6 Å². The van der Waals surface area contributed by atoms with Gasteiger partial charge in [0.05, 0.1) is 11.2 Å². The molecule has 0 atom stereocenters. The van der Waals surface area contributed by atoms with Gasteiger partial charge in [-0.1, -0.05) is 11.6 Å². The smallest absolute Gasteiger partial charge is 0.280 e. The largest absolute Gasteiger partial charge is 0.505 e. The molecule has 3 rings (SSSR count). The molecule has 0 aliphatic heterocycles. The van der Waals surface area contributed by atoms with Crippen LogP contribution in [0.5, 0.6) is 5.75 Å². The van der Waals surface area contributed by atoms with E-state index in [1.165, 1.54) is 30.3 Å². The number of nitrogens with one attached hydrogen (secondary N) is 1. The maximum Gasteiger partial charge on any atom is 0.280 e. The zero-order valence-electron chi connectivity index (χ0n) is 11.0. The number of aromatic amines is 1. The van der Waals surface area contributed by atoms with Gasteiger partial charge in [0.1, 0.15) is 5.82 Å². The Kier molecular flexibility index (Phi) is 3.60. The molecule has 7 heteroatoms. The molecule has 2 aromatic carbocycles. The first-order valence-corrected chi connectivity index (χ1v) is 6.64. The summed E-state index contributed by atoms with van der Waals surface area (Å²) in [6.07, 6.45) is 0. The van der Waals surface area contributed by atoms with Gasteiger partial charge in [-0.25, -0.2) is 4.39 Å². The fraction of sp³-hybridized carbons (Fsp3) is 0. The monoisotopic (exact) mass is 317 g/mol. The Hall–Kier alpha value is -2.73. The number of rotatable bonds is 2. The van der Waals surface area contributed by atoms with Gasteiger partial charge in [0, 0.05) is 10.4 Å². The van der Waals surface area contributed by atoms with E-state index in [4.69, 9.17) is 11.6 Å². The summed E-state index contributed by atoms with van der Waals surface area (Å²) < 4.78 is 12.8. The van der Waals surface area contributed by atoms with Gasteiger partial charge in [0.2, 0.25) is 0 Å². The molecule has 1 heterocycles. The van der Waals surface area contributed by atoms with Crippen LogP contribution < -0.4 is 5.56 Å². The number of halogens is 2. The first-order chi connectivity index (χ1) is 10.5. The predicted molar refractivity (Wildman–Crippen MR) is 81.8 cm³/mol. The van der Waals surface area contributed by atoms with E-state index in [-0.39, 0.29) is 11.4 Å². The molecule has 110 valence electrons. The van der Waals surface area contributed by atoms with Crippen molar-refractivity contribution in [2.45, 2.75) is 0 Å². The molecule has 3 aromatic rings. The van der Waals surface area contributed by atoms with Crippen LogP contribution in [0.1, 0.15) is 0 Å². The standard InChI is InChI=1S/C15H9ClFN3O2/c16-8-1-6-12-11(7-8)14(21)13(15(22)18-12)20-19-10-4-2-9(17)3-5-10/h1-7H,(H2,18,21,22). The fourth-order valence-electron chi connectivity index (χ4n) is 1.95. The molecule has 0 spiro atoms. The summed E-state index contributed by atoms with van der Waals surface area (Å²) in [5.41, 5.74) is -0.0312. The predicted octanol–water partition coefficient (Wildman–Crippen LogP) is 4.44. The van der Waals surface area contributed by atoms with Crippen LogP contribution in [-0.2, 0) is 0 Å². The number of hydrogen-bond acceptors (Lipinski definition) is 4. The van der Waals surface area contributed by atoms with Gasteiger partial charge in [-0.3, -0.25) is 4.79 Å². The van der Waals surface area contributed by atoms with Gasteiger partial charge in [-0.15, -0.1) is 5.11 Å². The maximum absolute atomic E-state index is 12.8. The zero-order chi connectivity index (χ0) is 15.7. The van der Waals surface area contributed by atoms with Crippen LogP contribution in [0.3, 0.4) is 0 Å². The molecular weight excluding hydrogens is 309 g/mol. The van der Waals surface area contributed by atoms with E-state index in [1.807, 2.05) is 0 Å². The molecule has 1 aromatic heterocycles. The molecule has 0 saturated carbocycles. The van der Waals surface area contributed by atoms with Crippen LogP contribution in [-0.4, -0.2) is 10.1 Å². The van der Waals surface area contributed by atoms with Gasteiger partial charge in [-0.05, 0) is 42.5 Å². The van der Waals surface area contributed by atoms with E-state index in [9.17, 15) is 14.3 Å². The molecule has 0 fully saturated rings. The lowest BCUT2D eigenvalue weighted by atomic mass is 10.2. The summed E-state index contributed by atoms with van der Waals surface area (Å²) in [7, 11) is 0. The lowest BCUT2D eigenvalue weighted by molar-refractivity contribution is 0.481. The first kappa shape index (κ1) is 14.2. The summed E-state index contributed by atoms with van der Waals surface area (Å²) in [5.74, 6) is -0.716. The minimum absolute atomic E-state index is 0.237. The average Bonchev–Trinajstić information content (AvgIpc) is 2.50. The van der Waals surface area contributed by atoms with Crippen LogP contribution in [0.2, 0.25) is 5.02 Å². The summed E-state index contributed by atoms with van der Waals surface area (Å²) in [4.78, 5) is 14.5. The molecule has 0 aliphatic carbocycles. The first-order valence-electron chi connectivity index (χ1n) is 6.26. The van der Waals surface area contributed by atoms with Gasteiger partial charge in [0.15, 0.2) is 11.4 Å². The molecule has 5 nitrogen and oxygen atoms in total. The van der Waals surface area contributed by atoms with Crippen LogP contribution in [0, 0.1) is 5.82 Å². The average molecular weight is 318 g/mol. The van der Waals surface area contributed by atoms with Crippen molar-refractivity contribution in [3.63, 3.8) is 0 Å². The molecule has 2 N–H and O–H groups in total. The molecule has 0 amide bonds. The van der Waals surface area contributed by atoms with Gasteiger partial charge < -0.3 is 10.1 Å². The molecule has 0 radical (unpaired) electrons. The topological polar surface area (TPSA) is 77.8 Å². The van der Waals surface area contributed by atoms with Gasteiger partial charge in [-0.2, -0.15) is 5.11 Å². The highest BCUT2D eigenvalue weighted by Gasteiger charge is 2.11. The second-order valence-corrected chi connectivity index (χ2v) is 4.95. The number of aromatic nitrogens is 1. The van der Waals surface area contributed by atoms with E-state index < -0.39 is 11.4 Å². The number of aromatic hydroxyl groups is 1. The number of nitrogens with zero attached hydrogens (tertiary/aromatic N) is 2. The SMILES string of the molecule is O=c1[nH]c2ccc(Cl)cc2c(O)c1N=Nc1ccc(F)cc1. The number of hydrogen-bond donors (Lipinski definition) is 2. The number of benzene rings is 2. The number of azo groups is 1. The Morgan fingerprint density at radius 3 is 2.55 bits per heavy atom. The van der Waals surface area contributed by atoms with Crippen LogP contribution in [0.15, 0.2) is 57.5 Å². The summed E-state index contributed by atoms with van der Waals surface area (Å²) in [6, 6.07) is 9.94. The number of H-pyrrole nitrogens is 1. The highest BCUT2D eigenvalue weighted by Crippen LogP contribution is 2.32. The van der Waals surface area contributed by atoms with Crippen LogP contribution >= 0.6 is 11.6 Å². The fourth-order valence-corrected chi connectivity index (χ4v) is 2.12. The lowest BCUT2D eigenvalue weighted by Gasteiger charge is -2.03. The minimum atomic E-state index is -0.585. The third-order valence-corrected chi connectivity index (χ3v) is 3.25. The quantitative estimate of drug-likeness (QED) is 0.685. The van der Waals surface area contributed by atoms with Gasteiger partial charge in [0.25, 0.3) is 5.56 Å². The second kappa shape index (κ2) is 5.57. The second-order valence-electron chi connectivity index (χ2n) is 4.52. The van der Waals surface area contributed by atoms with Crippen molar-refractivity contribution >= 4 is 33.9 Å². The van der Waals surface area contributed by atoms with Crippen molar-refractivity contribution in [3.05, 3.63) is 63.7 Å². The Morgan fingerprint density at radius 1 is 1.09 bits per heavy atom. The summed E-state index contributed by atoms with van der Waals surface area (Å²) >= 11 is 5.88. The lowest BCUT2D eigenvalue weighted by Crippen LogP contribution is -2.05. The third-order valence-electron chi connectivity index (χ3n) is 3.02. The number of pyridine rings is 1. The van der Waals surface area contributed by atoms with Crippen LogP contribution in [0.25, 0.3) is 10.9 Å². The minimum Gasteiger partial charge on any atom is -0.505 e. The van der Waals surface area contributed by atoms with Crippen molar-refractivity contribution in [2.75, 3.05) is 0 Å². The molecule has 0 bridgehead atoms. The Morgan fingerprint density at radius 2 is 1.82 bits per heavy atom. The molecular formula is C15H9ClFN3O2. The third kappa shape index (κ3) is 2.68. The zero-order valence-corrected chi connectivity index (χ0v) is 11.8. The molecule has 0 saturated heterocycles. The number of fused-ring (bicyclic) bond motifs is 1. The molecule has 0 aliphatic rings. The maximum atomic E-state index is 12.8. The van der Waals surface area contributed by atoms with Crippen molar-refractivity contribution in [1.82, 2.24) is 4.98 Å². The molecule has 22 heavy (non-hydrogen) atoms. The normalized spacial score (nSPS) is 11.4. The van der Waals surface area contributed by atoms with Crippen LogP contribution in [0.4, 0.5) is 15.8 Å². The highest BCUT2D eigenvalue weighted by atomic mass is 35.5. The van der Waals surface area contributed by atoms with Crippen molar-refractivity contribution in [1.29, 1.82) is 0 Å². The van der Waals surface area contributed by atoms with Crippen molar-refractivity contribution in [2.24, 2.45) is 10.2 Å². The Balaban J connectivity index is 2.10. The van der Waals surface area contributed by atoms with Crippen molar-refractivity contribution in [3.8, 4) is 5.75 Å². The van der Waals surface area contributed by atoms with Crippen molar-refractivity contribution < 1.29 is 9.50 Å². The van der Waals surface area contributed by atoms with Gasteiger partial charge >= 0.3 is 0 Å². The Labute approximate surface area is 128 Å². The van der Waals surface area contributed by atoms with E-state index in [1.54, 1.807) is 12.1 Å². The summed E-state index contributed by atoms with van der Waals surface area (Å²) in [6.45, 7) is 0.